The molecule has 0 bridgehead atoms. The van der Waals surface area contributed by atoms with Gasteiger partial charge in [-0.1, -0.05) is 60.7 Å². The molecule has 5 rings (SSSR count). The van der Waals surface area contributed by atoms with E-state index >= 15 is 0 Å². The number of carbonyl (C=O) groups excluding carboxylic acids is 2. The van der Waals surface area contributed by atoms with Crippen molar-refractivity contribution in [2.24, 2.45) is 0 Å². The number of nitrogen functional groups attached to an aromatic ring is 2. The summed E-state index contributed by atoms with van der Waals surface area (Å²) in [5.41, 5.74) is 14.2. The Kier molecular flexibility index (Phi) is 6.87. The van der Waals surface area contributed by atoms with E-state index in [-0.39, 0.29) is 34.2 Å². The van der Waals surface area contributed by atoms with Crippen molar-refractivity contribution in [2.45, 2.75) is 0 Å². The highest BCUT2D eigenvalue weighted by Crippen LogP contribution is 2.37. The second kappa shape index (κ2) is 10.7. The van der Waals surface area contributed by atoms with Crippen LogP contribution < -0.4 is 20.9 Å². The van der Waals surface area contributed by atoms with E-state index in [9.17, 15) is 9.59 Å². The maximum Gasteiger partial charge on any atom is 0.196 e. The van der Waals surface area contributed by atoms with Gasteiger partial charge in [0.15, 0.2) is 11.6 Å². The van der Waals surface area contributed by atoms with E-state index in [1.165, 1.54) is 0 Å². The monoisotopic (exact) mass is 500 g/mol. The van der Waals surface area contributed by atoms with Crippen LogP contribution in [-0.4, -0.2) is 11.6 Å². The van der Waals surface area contributed by atoms with Gasteiger partial charge in [0.2, 0.25) is 0 Å². The number of rotatable bonds is 8. The van der Waals surface area contributed by atoms with Crippen LogP contribution in [-0.2, 0) is 0 Å². The van der Waals surface area contributed by atoms with Crippen molar-refractivity contribution in [1.29, 1.82) is 0 Å². The Labute approximate surface area is 220 Å². The summed E-state index contributed by atoms with van der Waals surface area (Å²) in [4.78, 5) is 27.3. The van der Waals surface area contributed by atoms with E-state index < -0.39 is 0 Å². The van der Waals surface area contributed by atoms with E-state index in [4.69, 9.17) is 20.9 Å². The van der Waals surface area contributed by atoms with Gasteiger partial charge in [-0.15, -0.1) is 0 Å². The number of ketones is 2. The fourth-order valence-corrected chi connectivity index (χ4v) is 3.90. The van der Waals surface area contributed by atoms with Crippen molar-refractivity contribution in [2.75, 3.05) is 11.5 Å². The van der Waals surface area contributed by atoms with E-state index in [1.54, 1.807) is 109 Å². The van der Waals surface area contributed by atoms with Crippen LogP contribution in [0, 0.1) is 0 Å². The van der Waals surface area contributed by atoms with Crippen molar-refractivity contribution >= 4 is 22.9 Å². The Morgan fingerprint density at radius 3 is 1.16 bits per heavy atom. The van der Waals surface area contributed by atoms with Gasteiger partial charge >= 0.3 is 0 Å². The lowest BCUT2D eigenvalue weighted by Crippen LogP contribution is -2.09. The SMILES string of the molecule is Nc1ccc(Oc2cc(C(=O)c3ccccc3)c(Oc3ccc(N)cc3)cc2C(=O)c2ccccc2)cc1. The molecule has 186 valence electrons. The Balaban J connectivity index is 1.68. The van der Waals surface area contributed by atoms with Crippen molar-refractivity contribution in [3.8, 4) is 23.0 Å². The molecule has 0 saturated heterocycles. The Bertz CT molecular complexity index is 1460. The van der Waals surface area contributed by atoms with Crippen molar-refractivity contribution in [3.05, 3.63) is 144 Å². The summed E-state index contributed by atoms with van der Waals surface area (Å²) in [7, 11) is 0. The maximum absolute atomic E-state index is 13.7. The molecule has 0 unspecified atom stereocenters. The zero-order valence-corrected chi connectivity index (χ0v) is 20.3. The topological polar surface area (TPSA) is 105 Å². The lowest BCUT2D eigenvalue weighted by atomic mass is 9.96. The number of nitrogens with two attached hydrogens (primary N) is 2. The Morgan fingerprint density at radius 2 is 0.816 bits per heavy atom. The number of hydrogen-bond acceptors (Lipinski definition) is 6. The lowest BCUT2D eigenvalue weighted by molar-refractivity contribution is 0.102. The quantitative estimate of drug-likeness (QED) is 0.177. The van der Waals surface area contributed by atoms with Gasteiger partial charge in [-0.3, -0.25) is 9.59 Å². The van der Waals surface area contributed by atoms with E-state index in [0.717, 1.165) is 0 Å². The van der Waals surface area contributed by atoms with Gasteiger partial charge in [-0.05, 0) is 60.7 Å². The first-order chi connectivity index (χ1) is 18.5. The summed E-state index contributed by atoms with van der Waals surface area (Å²) in [6.45, 7) is 0. The molecule has 0 amide bonds. The van der Waals surface area contributed by atoms with Crippen LogP contribution in [0.3, 0.4) is 0 Å². The molecule has 6 nitrogen and oxygen atoms in total. The molecule has 0 atom stereocenters. The van der Waals surface area contributed by atoms with Gasteiger partial charge in [-0.2, -0.15) is 0 Å². The fraction of sp³-hybridized carbons (Fsp3) is 0. The first kappa shape index (κ1) is 24.3. The third kappa shape index (κ3) is 5.39. The molecule has 38 heavy (non-hydrogen) atoms. The molecule has 0 aliphatic heterocycles. The first-order valence-corrected chi connectivity index (χ1v) is 11.9. The first-order valence-electron chi connectivity index (χ1n) is 11.9. The van der Waals surface area contributed by atoms with E-state index in [0.29, 0.717) is 34.0 Å². The van der Waals surface area contributed by atoms with Gasteiger partial charge in [0.05, 0.1) is 11.1 Å². The standard InChI is InChI=1S/C32H24N2O4/c33-23-11-15-25(16-12-23)37-29-20-28(32(36)22-9-5-2-6-10-22)30(38-26-17-13-24(34)14-18-26)19-27(29)31(35)21-7-3-1-4-8-21/h1-20H,33-34H2. The number of hydrogen-bond donors (Lipinski definition) is 2. The highest BCUT2D eigenvalue weighted by atomic mass is 16.5. The second-order valence-corrected chi connectivity index (χ2v) is 8.58. The van der Waals surface area contributed by atoms with Crippen molar-refractivity contribution in [3.63, 3.8) is 0 Å². The summed E-state index contributed by atoms with van der Waals surface area (Å²) < 4.78 is 12.3. The Morgan fingerprint density at radius 1 is 0.474 bits per heavy atom. The van der Waals surface area contributed by atoms with Crippen LogP contribution in [0.2, 0.25) is 0 Å². The lowest BCUT2D eigenvalue weighted by Gasteiger charge is -2.17. The molecule has 0 heterocycles. The fourth-order valence-electron chi connectivity index (χ4n) is 3.90. The number of benzene rings is 5. The van der Waals surface area contributed by atoms with Crippen LogP contribution in [0.1, 0.15) is 31.8 Å². The third-order valence-electron chi connectivity index (χ3n) is 5.86. The minimum absolute atomic E-state index is 0.215. The van der Waals surface area contributed by atoms with Crippen molar-refractivity contribution in [1.82, 2.24) is 0 Å². The molecule has 0 aliphatic rings. The highest BCUT2D eigenvalue weighted by molar-refractivity contribution is 6.14. The summed E-state index contributed by atoms with van der Waals surface area (Å²) in [5.74, 6) is 0.798. The average molecular weight is 501 g/mol. The van der Waals surface area contributed by atoms with Gasteiger partial charge in [0.1, 0.15) is 23.0 Å². The van der Waals surface area contributed by atoms with Crippen LogP contribution >= 0.6 is 0 Å². The molecule has 0 saturated carbocycles. The molecule has 0 aromatic heterocycles. The number of ether oxygens (including phenoxy) is 2. The molecule has 6 heteroatoms. The molecule has 0 radical (unpaired) electrons. The van der Waals surface area contributed by atoms with Gasteiger partial charge in [-0.25, -0.2) is 0 Å². The zero-order valence-electron chi connectivity index (χ0n) is 20.3. The molecule has 4 N–H and O–H groups in total. The summed E-state index contributed by atoms with van der Waals surface area (Å²) in [6.07, 6.45) is 0. The summed E-state index contributed by atoms with van der Waals surface area (Å²) in [6, 6.07) is 34.4. The molecule has 5 aromatic rings. The predicted molar refractivity (Wildman–Crippen MR) is 148 cm³/mol. The Hall–Kier alpha value is -5.36. The van der Waals surface area contributed by atoms with E-state index in [2.05, 4.69) is 0 Å². The van der Waals surface area contributed by atoms with Crippen molar-refractivity contribution < 1.29 is 19.1 Å². The minimum Gasteiger partial charge on any atom is -0.457 e. The van der Waals surface area contributed by atoms with Gasteiger partial charge < -0.3 is 20.9 Å². The van der Waals surface area contributed by atoms with Gasteiger partial charge in [0.25, 0.3) is 0 Å². The molecule has 0 aliphatic carbocycles. The summed E-state index contributed by atoms with van der Waals surface area (Å²) >= 11 is 0. The smallest absolute Gasteiger partial charge is 0.196 e. The van der Waals surface area contributed by atoms with Gasteiger partial charge in [0, 0.05) is 22.5 Å². The molecule has 5 aromatic carbocycles. The number of anilines is 2. The normalized spacial score (nSPS) is 10.5. The molecule has 0 fully saturated rings. The molecular formula is C32H24N2O4. The maximum atomic E-state index is 13.7. The van der Waals surface area contributed by atoms with E-state index in [1.807, 2.05) is 12.1 Å². The summed E-state index contributed by atoms with van der Waals surface area (Å²) in [5, 5.41) is 0. The van der Waals surface area contributed by atoms with Crippen LogP contribution in [0.5, 0.6) is 23.0 Å². The average Bonchev–Trinajstić information content (AvgIpc) is 2.96. The van der Waals surface area contributed by atoms with Crippen LogP contribution in [0.15, 0.2) is 121 Å². The predicted octanol–water partition coefficient (Wildman–Crippen LogP) is 6.90. The largest absolute Gasteiger partial charge is 0.457 e. The number of carbonyl (C=O) groups is 2. The zero-order chi connectivity index (χ0) is 26.5. The second-order valence-electron chi connectivity index (χ2n) is 8.58. The molecular weight excluding hydrogens is 476 g/mol. The third-order valence-corrected chi connectivity index (χ3v) is 5.86. The highest BCUT2D eigenvalue weighted by Gasteiger charge is 2.24. The van der Waals surface area contributed by atoms with Crippen LogP contribution in [0.4, 0.5) is 11.4 Å². The van der Waals surface area contributed by atoms with Crippen LogP contribution in [0.25, 0.3) is 0 Å². The molecule has 0 spiro atoms. The minimum atomic E-state index is -0.281.